The molecule has 0 spiro atoms. The average molecular weight is 381 g/mol. The van der Waals surface area contributed by atoms with Gasteiger partial charge < -0.3 is 14.7 Å². The fourth-order valence-corrected chi connectivity index (χ4v) is 4.98. The fraction of sp³-hybridized carbons (Fsp3) is 0.333. The van der Waals surface area contributed by atoms with Crippen LogP contribution in [0.15, 0.2) is 47.4 Å². The molecule has 5 rings (SSSR count). The molecule has 1 fully saturated rings. The number of H-pyrrole nitrogens is 1. The van der Waals surface area contributed by atoms with E-state index in [4.69, 9.17) is 0 Å². The van der Waals surface area contributed by atoms with Crippen LogP contribution in [0.2, 0.25) is 0 Å². The van der Waals surface area contributed by atoms with Gasteiger partial charge in [-0.2, -0.15) is 0 Å². The van der Waals surface area contributed by atoms with E-state index in [2.05, 4.69) is 4.98 Å². The van der Waals surface area contributed by atoms with Crippen LogP contribution in [0.4, 0.5) is 4.39 Å². The lowest BCUT2D eigenvalue weighted by Crippen LogP contribution is -2.49. The van der Waals surface area contributed by atoms with Gasteiger partial charge in [0.25, 0.3) is 5.56 Å². The molecular weight excluding hydrogens is 361 g/mol. The predicted molar refractivity (Wildman–Crippen MR) is 102 cm³/mol. The second-order valence-electron chi connectivity index (χ2n) is 7.83. The van der Waals surface area contributed by atoms with E-state index in [-0.39, 0.29) is 23.2 Å². The summed E-state index contributed by atoms with van der Waals surface area (Å²) in [4.78, 5) is 29.4. The summed E-state index contributed by atoms with van der Waals surface area (Å²) >= 11 is 0. The molecule has 144 valence electrons. The topological polar surface area (TPSA) is 78.3 Å². The van der Waals surface area contributed by atoms with Crippen LogP contribution < -0.4 is 5.56 Å². The molecule has 0 saturated carbocycles. The number of carboxylic acids is 1. The summed E-state index contributed by atoms with van der Waals surface area (Å²) in [5.41, 5.74) is 2.23. The van der Waals surface area contributed by atoms with Crippen LogP contribution in [0, 0.1) is 11.7 Å². The third-order valence-corrected chi connectivity index (χ3v) is 6.08. The molecule has 28 heavy (non-hydrogen) atoms. The van der Waals surface area contributed by atoms with E-state index in [9.17, 15) is 19.1 Å². The van der Waals surface area contributed by atoms with E-state index in [1.165, 1.54) is 12.1 Å². The highest BCUT2D eigenvalue weighted by Gasteiger charge is 2.40. The van der Waals surface area contributed by atoms with E-state index in [0.29, 0.717) is 30.7 Å². The molecule has 4 heterocycles. The number of fused-ring (bicyclic) bond motifs is 5. The maximum atomic E-state index is 13.5. The summed E-state index contributed by atoms with van der Waals surface area (Å²) in [5, 5.41) is 10.8. The predicted octanol–water partition coefficient (Wildman–Crippen LogP) is 2.71. The Bertz CT molecular complexity index is 1140. The molecule has 6 nitrogen and oxygen atoms in total. The maximum Gasteiger partial charge on any atom is 0.325 e. The molecule has 1 aromatic carbocycles. The molecule has 3 atom stereocenters. The average Bonchev–Trinajstić information content (AvgIpc) is 3.05. The molecule has 0 amide bonds. The lowest BCUT2D eigenvalue weighted by molar-refractivity contribution is -0.144. The molecule has 2 N–H and O–H groups in total. The molecule has 2 aromatic heterocycles. The van der Waals surface area contributed by atoms with Gasteiger partial charge in [0.2, 0.25) is 0 Å². The highest BCUT2D eigenvalue weighted by Crippen LogP contribution is 2.39. The number of hydrogen-bond donors (Lipinski definition) is 2. The van der Waals surface area contributed by atoms with Gasteiger partial charge in [-0.25, -0.2) is 4.39 Å². The first-order valence-corrected chi connectivity index (χ1v) is 9.44. The smallest absolute Gasteiger partial charge is 0.325 e. The zero-order valence-electron chi connectivity index (χ0n) is 15.1. The first-order valence-electron chi connectivity index (χ1n) is 9.44. The van der Waals surface area contributed by atoms with Crippen molar-refractivity contribution in [3.8, 4) is 0 Å². The summed E-state index contributed by atoms with van der Waals surface area (Å²) in [7, 11) is 0. The minimum absolute atomic E-state index is 0.00842. The van der Waals surface area contributed by atoms with Crippen molar-refractivity contribution in [2.45, 2.75) is 24.9 Å². The number of carboxylic acid groups (broad SMARTS) is 1. The molecule has 3 aromatic rings. The minimum Gasteiger partial charge on any atom is -0.480 e. The van der Waals surface area contributed by atoms with E-state index in [1.54, 1.807) is 24.4 Å². The highest BCUT2D eigenvalue weighted by molar-refractivity contribution is 5.89. The lowest BCUT2D eigenvalue weighted by atomic mass is 9.82. The van der Waals surface area contributed by atoms with Gasteiger partial charge in [-0.15, -0.1) is 0 Å². The van der Waals surface area contributed by atoms with Gasteiger partial charge in [0.05, 0.1) is 0 Å². The number of rotatable bonds is 3. The van der Waals surface area contributed by atoms with Gasteiger partial charge in [-0.3, -0.25) is 14.5 Å². The van der Waals surface area contributed by atoms with E-state index in [1.807, 2.05) is 15.5 Å². The maximum absolute atomic E-state index is 13.5. The largest absolute Gasteiger partial charge is 0.480 e. The number of likely N-dealkylation sites (tertiary alicyclic amines) is 1. The Morgan fingerprint density at radius 1 is 1.21 bits per heavy atom. The quantitative estimate of drug-likeness (QED) is 0.731. The van der Waals surface area contributed by atoms with Crippen LogP contribution in [-0.4, -0.2) is 38.6 Å². The summed E-state index contributed by atoms with van der Waals surface area (Å²) < 4.78 is 15.3. The van der Waals surface area contributed by atoms with Crippen molar-refractivity contribution >= 4 is 16.9 Å². The highest BCUT2D eigenvalue weighted by atomic mass is 19.1. The second-order valence-corrected chi connectivity index (χ2v) is 7.83. The van der Waals surface area contributed by atoms with Crippen molar-refractivity contribution in [2.75, 3.05) is 13.1 Å². The van der Waals surface area contributed by atoms with Crippen LogP contribution in [0.5, 0.6) is 0 Å². The number of nitrogens with zero attached hydrogens (tertiary/aromatic N) is 2. The SMILES string of the molecule is O=C(O)[C@H](c1c[nH]c2cc(F)ccc12)N1C[C@H]2C[C@@H](C1)c1cccc(=O)n1C2. The first-order chi connectivity index (χ1) is 13.5. The van der Waals surface area contributed by atoms with Crippen molar-refractivity contribution in [1.29, 1.82) is 0 Å². The number of benzene rings is 1. The summed E-state index contributed by atoms with van der Waals surface area (Å²) in [6.07, 6.45) is 2.64. The zero-order valence-corrected chi connectivity index (χ0v) is 15.1. The van der Waals surface area contributed by atoms with Gasteiger partial charge in [0.15, 0.2) is 0 Å². The second kappa shape index (κ2) is 6.31. The number of pyridine rings is 1. The number of hydrogen-bond acceptors (Lipinski definition) is 3. The van der Waals surface area contributed by atoms with Crippen molar-refractivity contribution in [3.05, 3.63) is 70.0 Å². The van der Waals surface area contributed by atoms with Crippen LogP contribution in [0.1, 0.15) is 29.6 Å². The van der Waals surface area contributed by atoms with Crippen LogP contribution in [0.25, 0.3) is 10.9 Å². The number of aliphatic carboxylic acids is 1. The number of halogens is 1. The fourth-order valence-electron chi connectivity index (χ4n) is 4.98. The molecule has 0 aliphatic carbocycles. The number of carbonyl (C=O) groups is 1. The van der Waals surface area contributed by atoms with Gasteiger partial charge in [0.1, 0.15) is 11.9 Å². The number of nitrogens with one attached hydrogen (secondary N) is 1. The Balaban J connectivity index is 1.54. The Morgan fingerprint density at radius 2 is 2.07 bits per heavy atom. The standard InChI is InChI=1S/C21H20FN3O3/c22-14-4-5-15-16(8-23-17(15)7-14)20(21(27)28)24-9-12-6-13(11-24)18-2-1-3-19(26)25(18)10-12/h1-5,7-8,12-13,20,23H,6,9-11H2,(H,27,28)/t12-,13+,20+/m1/s1. The molecule has 2 aliphatic rings. The van der Waals surface area contributed by atoms with Gasteiger partial charge in [0, 0.05) is 60.0 Å². The van der Waals surface area contributed by atoms with Gasteiger partial charge >= 0.3 is 5.97 Å². The number of aromatic amines is 1. The lowest BCUT2D eigenvalue weighted by Gasteiger charge is -2.44. The third-order valence-electron chi connectivity index (χ3n) is 6.08. The Labute approximate surface area is 160 Å². The molecule has 2 bridgehead atoms. The number of aromatic nitrogens is 2. The summed E-state index contributed by atoms with van der Waals surface area (Å²) in [6.45, 7) is 1.81. The first kappa shape index (κ1) is 17.2. The molecule has 0 radical (unpaired) electrons. The molecule has 2 aliphatic heterocycles. The zero-order chi connectivity index (χ0) is 19.4. The normalized spacial score (nSPS) is 22.8. The molecular formula is C21H20FN3O3. The van der Waals surface area contributed by atoms with Crippen molar-refractivity contribution in [3.63, 3.8) is 0 Å². The van der Waals surface area contributed by atoms with Crippen molar-refractivity contribution in [1.82, 2.24) is 14.5 Å². The molecule has 0 unspecified atom stereocenters. The van der Waals surface area contributed by atoms with E-state index < -0.39 is 12.0 Å². The van der Waals surface area contributed by atoms with Crippen LogP contribution in [0.3, 0.4) is 0 Å². The number of piperidine rings is 1. The Hall–Kier alpha value is -2.93. The van der Waals surface area contributed by atoms with Gasteiger partial charge in [-0.1, -0.05) is 6.07 Å². The van der Waals surface area contributed by atoms with Crippen LogP contribution in [-0.2, 0) is 11.3 Å². The van der Waals surface area contributed by atoms with Crippen molar-refractivity contribution in [2.24, 2.45) is 5.92 Å². The van der Waals surface area contributed by atoms with E-state index >= 15 is 0 Å². The van der Waals surface area contributed by atoms with Gasteiger partial charge in [-0.05, 0) is 36.6 Å². The third kappa shape index (κ3) is 2.65. The summed E-state index contributed by atoms with van der Waals surface area (Å²) in [5.74, 6) is -0.917. The minimum atomic E-state index is -0.921. The van der Waals surface area contributed by atoms with Crippen LogP contribution >= 0.6 is 0 Å². The van der Waals surface area contributed by atoms with Crippen molar-refractivity contribution < 1.29 is 14.3 Å². The monoisotopic (exact) mass is 381 g/mol. The molecule has 7 heteroatoms. The molecule has 1 saturated heterocycles. The summed E-state index contributed by atoms with van der Waals surface area (Å²) in [6, 6.07) is 8.87. The Morgan fingerprint density at radius 3 is 2.89 bits per heavy atom. The van der Waals surface area contributed by atoms with E-state index in [0.717, 1.165) is 17.5 Å². The Kier molecular flexibility index (Phi) is 3.87.